The fourth-order valence-electron chi connectivity index (χ4n) is 3.11. The molecule has 0 radical (unpaired) electrons. The maximum atomic E-state index is 10.3. The molecule has 1 aliphatic rings. The van der Waals surface area contributed by atoms with Gasteiger partial charge in [0.1, 0.15) is 0 Å². The first-order valence-electron chi connectivity index (χ1n) is 8.23. The first kappa shape index (κ1) is 17.7. The number of β-amino-alcohol motifs (C(OH)–C–C–N with tert-alkyl or cyclic N) is 1. The van der Waals surface area contributed by atoms with Crippen LogP contribution in [0.5, 0.6) is 0 Å². The van der Waals surface area contributed by atoms with Crippen LogP contribution >= 0.6 is 23.2 Å². The number of halogens is 2. The fraction of sp³-hybridized carbons (Fsp3) is 0.368. The van der Waals surface area contributed by atoms with Gasteiger partial charge >= 0.3 is 0 Å². The quantitative estimate of drug-likeness (QED) is 0.823. The molecule has 0 bridgehead atoms. The summed E-state index contributed by atoms with van der Waals surface area (Å²) in [6, 6.07) is 14.1. The standard InChI is InChI=1S/C19H22Cl2N2O/c20-18-6-5-14(9-19(18)21)10-22-11-17(24)13-23-8-7-15-3-1-2-4-16(15)12-23/h1-6,9,17,22,24H,7-8,10-13H2/t17-/m1/s1. The number of hydrogen-bond acceptors (Lipinski definition) is 3. The lowest BCUT2D eigenvalue weighted by atomic mass is 10.00. The minimum atomic E-state index is -0.391. The van der Waals surface area contributed by atoms with Crippen molar-refractivity contribution in [3.8, 4) is 0 Å². The van der Waals surface area contributed by atoms with E-state index in [9.17, 15) is 5.11 Å². The molecule has 1 aliphatic heterocycles. The highest BCUT2D eigenvalue weighted by Gasteiger charge is 2.18. The van der Waals surface area contributed by atoms with Crippen LogP contribution in [0, 0.1) is 0 Å². The third-order valence-corrected chi connectivity index (χ3v) is 5.11. The topological polar surface area (TPSA) is 35.5 Å². The first-order valence-corrected chi connectivity index (χ1v) is 8.99. The Labute approximate surface area is 153 Å². The van der Waals surface area contributed by atoms with E-state index < -0.39 is 6.10 Å². The number of aliphatic hydroxyl groups is 1. The molecule has 0 amide bonds. The van der Waals surface area contributed by atoms with Crippen molar-refractivity contribution in [2.24, 2.45) is 0 Å². The Hall–Kier alpha value is -1.10. The fourth-order valence-corrected chi connectivity index (χ4v) is 3.43. The van der Waals surface area contributed by atoms with Crippen LogP contribution in [0.4, 0.5) is 0 Å². The molecule has 2 aromatic carbocycles. The highest BCUT2D eigenvalue weighted by atomic mass is 35.5. The number of benzene rings is 2. The highest BCUT2D eigenvalue weighted by molar-refractivity contribution is 6.42. The van der Waals surface area contributed by atoms with Gasteiger partial charge in [-0.2, -0.15) is 0 Å². The zero-order valence-electron chi connectivity index (χ0n) is 13.5. The normalized spacial score (nSPS) is 16.0. The molecule has 0 saturated heterocycles. The van der Waals surface area contributed by atoms with Gasteiger partial charge in [-0.3, -0.25) is 4.90 Å². The van der Waals surface area contributed by atoms with E-state index in [-0.39, 0.29) is 0 Å². The number of nitrogens with zero attached hydrogens (tertiary/aromatic N) is 1. The summed E-state index contributed by atoms with van der Waals surface area (Å²) in [7, 11) is 0. The number of rotatable bonds is 6. The molecule has 24 heavy (non-hydrogen) atoms. The van der Waals surface area contributed by atoms with E-state index in [1.807, 2.05) is 12.1 Å². The predicted octanol–water partition coefficient (Wildman–Crippen LogP) is 3.50. The predicted molar refractivity (Wildman–Crippen MR) is 99.6 cm³/mol. The Morgan fingerprint density at radius 3 is 2.67 bits per heavy atom. The highest BCUT2D eigenvalue weighted by Crippen LogP contribution is 2.22. The number of fused-ring (bicyclic) bond motifs is 1. The van der Waals surface area contributed by atoms with E-state index >= 15 is 0 Å². The summed E-state index contributed by atoms with van der Waals surface area (Å²) in [5.74, 6) is 0. The molecular weight excluding hydrogens is 343 g/mol. The van der Waals surface area contributed by atoms with Gasteiger partial charge in [-0.15, -0.1) is 0 Å². The lowest BCUT2D eigenvalue weighted by Gasteiger charge is -2.30. The Morgan fingerprint density at radius 1 is 1.08 bits per heavy atom. The second kappa shape index (κ2) is 8.32. The molecule has 0 saturated carbocycles. The van der Waals surface area contributed by atoms with E-state index in [1.165, 1.54) is 11.1 Å². The third-order valence-electron chi connectivity index (χ3n) is 4.37. The van der Waals surface area contributed by atoms with E-state index in [2.05, 4.69) is 34.5 Å². The van der Waals surface area contributed by atoms with Crippen molar-refractivity contribution in [1.29, 1.82) is 0 Å². The van der Waals surface area contributed by atoms with Crippen molar-refractivity contribution in [3.05, 3.63) is 69.2 Å². The zero-order valence-corrected chi connectivity index (χ0v) is 15.0. The van der Waals surface area contributed by atoms with Crippen molar-refractivity contribution < 1.29 is 5.11 Å². The molecule has 0 unspecified atom stereocenters. The van der Waals surface area contributed by atoms with Crippen LogP contribution in [-0.2, 0) is 19.5 Å². The summed E-state index contributed by atoms with van der Waals surface area (Å²) >= 11 is 11.9. The average Bonchev–Trinajstić information content (AvgIpc) is 2.58. The Kier molecular flexibility index (Phi) is 6.14. The SMILES string of the molecule is O[C@H](CNCc1ccc(Cl)c(Cl)c1)CN1CCc2ccccc2C1. The molecule has 3 rings (SSSR count). The Morgan fingerprint density at radius 2 is 1.88 bits per heavy atom. The van der Waals surface area contributed by atoms with Crippen molar-refractivity contribution in [2.45, 2.75) is 25.6 Å². The van der Waals surface area contributed by atoms with Crippen LogP contribution in [-0.4, -0.2) is 35.7 Å². The van der Waals surface area contributed by atoms with Crippen LogP contribution in [0.3, 0.4) is 0 Å². The number of hydrogen-bond donors (Lipinski definition) is 2. The van der Waals surface area contributed by atoms with Crippen molar-refractivity contribution in [2.75, 3.05) is 19.6 Å². The average molecular weight is 365 g/mol. The van der Waals surface area contributed by atoms with Crippen LogP contribution in [0.2, 0.25) is 10.0 Å². The largest absolute Gasteiger partial charge is 0.390 e. The van der Waals surface area contributed by atoms with E-state index in [0.29, 0.717) is 29.7 Å². The summed E-state index contributed by atoms with van der Waals surface area (Å²) in [4.78, 5) is 2.31. The van der Waals surface area contributed by atoms with Gasteiger partial charge in [0.25, 0.3) is 0 Å². The molecule has 2 N–H and O–H groups in total. The molecule has 0 aliphatic carbocycles. The van der Waals surface area contributed by atoms with Crippen LogP contribution < -0.4 is 5.32 Å². The van der Waals surface area contributed by atoms with Crippen LogP contribution in [0.25, 0.3) is 0 Å². The summed E-state index contributed by atoms with van der Waals surface area (Å²) in [5.41, 5.74) is 3.86. The van der Waals surface area contributed by atoms with Gasteiger partial charge in [-0.25, -0.2) is 0 Å². The molecular formula is C19H22Cl2N2O. The molecule has 3 nitrogen and oxygen atoms in total. The summed E-state index contributed by atoms with van der Waals surface area (Å²) < 4.78 is 0. The van der Waals surface area contributed by atoms with Crippen molar-refractivity contribution >= 4 is 23.2 Å². The minimum Gasteiger partial charge on any atom is -0.390 e. The minimum absolute atomic E-state index is 0.391. The molecule has 5 heteroatoms. The smallest absolute Gasteiger partial charge is 0.0791 e. The molecule has 128 valence electrons. The maximum absolute atomic E-state index is 10.3. The summed E-state index contributed by atoms with van der Waals surface area (Å²) in [5, 5.41) is 14.7. The van der Waals surface area contributed by atoms with Crippen molar-refractivity contribution in [3.63, 3.8) is 0 Å². The van der Waals surface area contributed by atoms with Gasteiger partial charge in [0, 0.05) is 32.7 Å². The van der Waals surface area contributed by atoms with Crippen LogP contribution in [0.15, 0.2) is 42.5 Å². The maximum Gasteiger partial charge on any atom is 0.0791 e. The molecule has 2 aromatic rings. The molecule has 1 atom stereocenters. The lowest BCUT2D eigenvalue weighted by Crippen LogP contribution is -2.40. The second-order valence-corrected chi connectivity index (χ2v) is 7.10. The molecule has 0 spiro atoms. The third kappa shape index (κ3) is 4.71. The van der Waals surface area contributed by atoms with Gasteiger partial charge in [0.05, 0.1) is 16.1 Å². The zero-order chi connectivity index (χ0) is 16.9. The lowest BCUT2D eigenvalue weighted by molar-refractivity contribution is 0.104. The second-order valence-electron chi connectivity index (χ2n) is 6.29. The molecule has 1 heterocycles. The molecule has 0 fully saturated rings. The first-order chi connectivity index (χ1) is 11.6. The van der Waals surface area contributed by atoms with Gasteiger partial charge in [-0.05, 0) is 35.2 Å². The Bertz CT molecular complexity index is 693. The van der Waals surface area contributed by atoms with E-state index in [0.717, 1.165) is 25.1 Å². The summed E-state index contributed by atoms with van der Waals surface area (Å²) in [6.07, 6.45) is 0.664. The van der Waals surface area contributed by atoms with Gasteiger partial charge in [0.15, 0.2) is 0 Å². The van der Waals surface area contributed by atoms with Crippen LogP contribution in [0.1, 0.15) is 16.7 Å². The van der Waals surface area contributed by atoms with E-state index in [1.54, 1.807) is 6.07 Å². The number of aliphatic hydroxyl groups excluding tert-OH is 1. The van der Waals surface area contributed by atoms with Gasteiger partial charge in [-0.1, -0.05) is 53.5 Å². The monoisotopic (exact) mass is 364 g/mol. The van der Waals surface area contributed by atoms with E-state index in [4.69, 9.17) is 23.2 Å². The van der Waals surface area contributed by atoms with Gasteiger partial charge < -0.3 is 10.4 Å². The van der Waals surface area contributed by atoms with Crippen molar-refractivity contribution in [1.82, 2.24) is 10.2 Å². The van der Waals surface area contributed by atoms with Gasteiger partial charge in [0.2, 0.25) is 0 Å². The summed E-state index contributed by atoms with van der Waals surface area (Å²) in [6.45, 7) is 3.82. The Balaban J connectivity index is 1.43. The number of nitrogens with one attached hydrogen (secondary N) is 1. The molecule has 0 aromatic heterocycles.